The molecular weight excluding hydrogens is 336 g/mol. The van der Waals surface area contributed by atoms with Crippen molar-refractivity contribution >= 4 is 5.97 Å². The number of aromatic hydroxyl groups is 1. The van der Waals surface area contributed by atoms with Crippen LogP contribution in [0.2, 0.25) is 0 Å². The zero-order valence-corrected chi connectivity index (χ0v) is 15.7. The molecule has 1 aromatic rings. The third-order valence-corrected chi connectivity index (χ3v) is 6.62. The van der Waals surface area contributed by atoms with Crippen LogP contribution in [0, 0.1) is 12.8 Å². The molecule has 0 spiro atoms. The first-order valence-electron chi connectivity index (χ1n) is 9.34. The molecule has 2 N–H and O–H groups in total. The lowest BCUT2D eigenvalue weighted by atomic mass is 9.70. The molecule has 26 heavy (non-hydrogen) atoms. The molecule has 0 saturated heterocycles. The highest BCUT2D eigenvalue weighted by atomic mass is 16.7. The molecule has 1 aliphatic carbocycles. The van der Waals surface area contributed by atoms with Gasteiger partial charge in [-0.05, 0) is 37.8 Å². The summed E-state index contributed by atoms with van der Waals surface area (Å²) in [7, 11) is 1.60. The number of phenols is 1. The summed E-state index contributed by atoms with van der Waals surface area (Å²) in [6.45, 7) is 5.85. The fourth-order valence-corrected chi connectivity index (χ4v) is 5.12. The van der Waals surface area contributed by atoms with Crippen LogP contribution in [0.5, 0.6) is 11.5 Å². The Kier molecular flexibility index (Phi) is 3.97. The molecule has 2 aliphatic heterocycles. The number of hydrogen-bond acceptors (Lipinski definition) is 5. The smallest absolute Gasteiger partial charge is 0.343 e. The zero-order chi connectivity index (χ0) is 18.8. The Morgan fingerprint density at radius 2 is 2.00 bits per heavy atom. The van der Waals surface area contributed by atoms with Crippen molar-refractivity contribution in [3.05, 3.63) is 22.3 Å². The Hall–Kier alpha value is -1.79. The molecule has 1 aromatic carbocycles. The number of benzene rings is 1. The molecule has 0 unspecified atom stereocenters. The van der Waals surface area contributed by atoms with Gasteiger partial charge < -0.3 is 24.4 Å². The van der Waals surface area contributed by atoms with Gasteiger partial charge in [0.2, 0.25) is 5.79 Å². The lowest BCUT2D eigenvalue weighted by Crippen LogP contribution is -2.55. The molecule has 3 aliphatic rings. The quantitative estimate of drug-likeness (QED) is 0.830. The van der Waals surface area contributed by atoms with Crippen LogP contribution in [-0.2, 0) is 9.47 Å². The number of carboxylic acid groups (broad SMARTS) is 1. The zero-order valence-electron chi connectivity index (χ0n) is 15.7. The lowest BCUT2D eigenvalue weighted by Gasteiger charge is -2.53. The van der Waals surface area contributed by atoms with E-state index in [0.29, 0.717) is 12.0 Å². The van der Waals surface area contributed by atoms with E-state index in [2.05, 4.69) is 0 Å². The van der Waals surface area contributed by atoms with E-state index in [1.165, 1.54) is 0 Å². The molecule has 142 valence electrons. The van der Waals surface area contributed by atoms with Gasteiger partial charge in [0.05, 0.1) is 18.1 Å². The minimum absolute atomic E-state index is 0.00744. The van der Waals surface area contributed by atoms with E-state index in [1.54, 1.807) is 14.0 Å². The average molecular weight is 362 g/mol. The van der Waals surface area contributed by atoms with Crippen molar-refractivity contribution in [1.29, 1.82) is 0 Å². The molecular formula is C20H26O6. The highest BCUT2D eigenvalue weighted by molar-refractivity contribution is 5.96. The Labute approximate surface area is 153 Å². The van der Waals surface area contributed by atoms with Crippen molar-refractivity contribution < 1.29 is 29.2 Å². The van der Waals surface area contributed by atoms with E-state index in [1.807, 2.05) is 13.8 Å². The van der Waals surface area contributed by atoms with Crippen molar-refractivity contribution in [3.8, 4) is 11.5 Å². The highest BCUT2D eigenvalue weighted by Crippen LogP contribution is 2.59. The summed E-state index contributed by atoms with van der Waals surface area (Å²) >= 11 is 0. The van der Waals surface area contributed by atoms with Gasteiger partial charge in [0.1, 0.15) is 17.1 Å². The van der Waals surface area contributed by atoms with Gasteiger partial charge in [0, 0.05) is 25.0 Å². The second-order valence-corrected chi connectivity index (χ2v) is 7.83. The monoisotopic (exact) mass is 362 g/mol. The molecule has 0 bridgehead atoms. The van der Waals surface area contributed by atoms with Gasteiger partial charge in [0.15, 0.2) is 0 Å². The maximum Gasteiger partial charge on any atom is 0.343 e. The average Bonchev–Trinajstić information content (AvgIpc) is 2.61. The van der Waals surface area contributed by atoms with Gasteiger partial charge in [-0.2, -0.15) is 0 Å². The number of hydrogen-bond donors (Lipinski definition) is 2. The summed E-state index contributed by atoms with van der Waals surface area (Å²) in [6.07, 6.45) is 3.28. The summed E-state index contributed by atoms with van der Waals surface area (Å²) < 4.78 is 18.5. The van der Waals surface area contributed by atoms with Crippen molar-refractivity contribution in [2.45, 2.75) is 70.4 Å². The number of aromatic carboxylic acids is 1. The highest BCUT2D eigenvalue weighted by Gasteiger charge is 2.56. The second kappa shape index (κ2) is 5.86. The second-order valence-electron chi connectivity index (χ2n) is 7.83. The SMILES string of the molecule is CO[C@]12CCCC[C@H]1[C@H]1O[C@H](C)[C@@H](C)c3c(C)c(O)c(C(=O)O)c(c31)O2. The summed E-state index contributed by atoms with van der Waals surface area (Å²) in [5.74, 6) is -2.05. The van der Waals surface area contributed by atoms with Crippen LogP contribution in [0.4, 0.5) is 0 Å². The molecule has 0 radical (unpaired) electrons. The minimum Gasteiger partial charge on any atom is -0.507 e. The van der Waals surface area contributed by atoms with Crippen molar-refractivity contribution in [2.75, 3.05) is 7.11 Å². The minimum atomic E-state index is -1.20. The van der Waals surface area contributed by atoms with Crippen LogP contribution >= 0.6 is 0 Å². The molecule has 1 saturated carbocycles. The van der Waals surface area contributed by atoms with E-state index in [9.17, 15) is 15.0 Å². The Morgan fingerprint density at radius 1 is 1.27 bits per heavy atom. The number of carbonyl (C=O) groups is 1. The number of methoxy groups -OCH3 is 1. The fourth-order valence-electron chi connectivity index (χ4n) is 5.12. The van der Waals surface area contributed by atoms with Gasteiger partial charge >= 0.3 is 5.97 Å². The topological polar surface area (TPSA) is 85.2 Å². The predicted molar refractivity (Wildman–Crippen MR) is 93.8 cm³/mol. The summed E-state index contributed by atoms with van der Waals surface area (Å²) in [4.78, 5) is 11.9. The Bertz CT molecular complexity index is 772. The number of rotatable bonds is 2. The van der Waals surface area contributed by atoms with Crippen LogP contribution in [0.1, 0.15) is 78.6 Å². The van der Waals surface area contributed by atoms with E-state index in [-0.39, 0.29) is 41.1 Å². The van der Waals surface area contributed by atoms with Crippen LogP contribution in [0.15, 0.2) is 0 Å². The Balaban J connectivity index is 2.05. The molecule has 4 rings (SSSR count). The van der Waals surface area contributed by atoms with Gasteiger partial charge in [-0.15, -0.1) is 0 Å². The molecule has 6 nitrogen and oxygen atoms in total. The Morgan fingerprint density at radius 3 is 2.65 bits per heavy atom. The van der Waals surface area contributed by atoms with Gasteiger partial charge in [0.25, 0.3) is 0 Å². The molecule has 0 aromatic heterocycles. The van der Waals surface area contributed by atoms with E-state index in [4.69, 9.17) is 14.2 Å². The fraction of sp³-hybridized carbons (Fsp3) is 0.650. The van der Waals surface area contributed by atoms with E-state index in [0.717, 1.165) is 30.4 Å². The maximum absolute atomic E-state index is 11.9. The first-order valence-corrected chi connectivity index (χ1v) is 9.34. The van der Waals surface area contributed by atoms with Crippen LogP contribution in [0.25, 0.3) is 0 Å². The van der Waals surface area contributed by atoms with Crippen molar-refractivity contribution in [2.24, 2.45) is 5.92 Å². The van der Waals surface area contributed by atoms with Gasteiger partial charge in [-0.3, -0.25) is 0 Å². The van der Waals surface area contributed by atoms with Crippen LogP contribution in [0.3, 0.4) is 0 Å². The number of carboxylic acids is 1. The first-order chi connectivity index (χ1) is 12.3. The lowest BCUT2D eigenvalue weighted by molar-refractivity contribution is -0.263. The van der Waals surface area contributed by atoms with Crippen LogP contribution in [-0.4, -0.2) is 35.2 Å². The van der Waals surface area contributed by atoms with Crippen molar-refractivity contribution in [1.82, 2.24) is 0 Å². The summed E-state index contributed by atoms with van der Waals surface area (Å²) in [6, 6.07) is 0. The predicted octanol–water partition coefficient (Wildman–Crippen LogP) is 3.89. The number of fused-ring (bicyclic) bond motifs is 2. The molecule has 0 amide bonds. The normalized spacial score (nSPS) is 35.2. The largest absolute Gasteiger partial charge is 0.507 e. The summed E-state index contributed by atoms with van der Waals surface area (Å²) in [5, 5.41) is 20.4. The van der Waals surface area contributed by atoms with Gasteiger partial charge in [-0.25, -0.2) is 4.79 Å². The third-order valence-electron chi connectivity index (χ3n) is 6.62. The van der Waals surface area contributed by atoms with E-state index < -0.39 is 11.8 Å². The number of ether oxygens (including phenoxy) is 3. The van der Waals surface area contributed by atoms with Crippen LogP contribution < -0.4 is 4.74 Å². The van der Waals surface area contributed by atoms with Gasteiger partial charge in [-0.1, -0.05) is 13.3 Å². The standard InChI is InChI=1S/C20H26O6/c1-9-11(3)25-17-12-7-5-6-8-20(12,24-4)26-18-14(17)13(9)10(2)16(21)15(18)19(22)23/h9,11-12,17,21H,5-8H2,1-4H3,(H,22,23)/t9-,11-,12+,17-,20+/m1/s1. The summed E-state index contributed by atoms with van der Waals surface area (Å²) in [5.41, 5.74) is 2.18. The third kappa shape index (κ3) is 2.15. The van der Waals surface area contributed by atoms with Crippen molar-refractivity contribution in [3.63, 3.8) is 0 Å². The maximum atomic E-state index is 11.9. The molecule has 1 fully saturated rings. The first kappa shape index (κ1) is 17.6. The molecule has 5 atom stereocenters. The molecule has 6 heteroatoms. The molecule has 2 heterocycles. The van der Waals surface area contributed by atoms with E-state index >= 15 is 0 Å².